The Labute approximate surface area is 142 Å². The van der Waals surface area contributed by atoms with E-state index in [9.17, 15) is 4.79 Å². The van der Waals surface area contributed by atoms with Crippen LogP contribution in [0.1, 0.15) is 31.7 Å². The second kappa shape index (κ2) is 4.85. The summed E-state index contributed by atoms with van der Waals surface area (Å²) < 4.78 is 5.25. The molecule has 0 aromatic heterocycles. The molecule has 2 saturated heterocycles. The van der Waals surface area contributed by atoms with Crippen LogP contribution in [-0.4, -0.2) is 37.1 Å². The SMILES string of the molecule is CC[C@H]1CN2CC[C@@]34C[C@@H]2[C@@H]1C(C(=O)OC)=C3Nc1ccccc14. The van der Waals surface area contributed by atoms with Crippen LogP contribution >= 0.6 is 0 Å². The molecule has 4 nitrogen and oxygen atoms in total. The Kier molecular flexibility index (Phi) is 2.94. The highest BCUT2D eigenvalue weighted by Gasteiger charge is 2.60. The lowest BCUT2D eigenvalue weighted by Crippen LogP contribution is -2.52. The number of rotatable bonds is 2. The third-order valence-electron chi connectivity index (χ3n) is 6.96. The Bertz CT molecular complexity index is 756. The number of piperidine rings is 1. The predicted molar refractivity (Wildman–Crippen MR) is 92.7 cm³/mol. The molecule has 0 unspecified atom stereocenters. The molecule has 2 bridgehead atoms. The van der Waals surface area contributed by atoms with Crippen LogP contribution in [0.25, 0.3) is 0 Å². The molecule has 4 aliphatic rings. The highest BCUT2D eigenvalue weighted by atomic mass is 16.5. The third kappa shape index (κ3) is 1.60. The molecule has 3 heterocycles. The first-order chi connectivity index (χ1) is 11.7. The predicted octanol–water partition coefficient (Wildman–Crippen LogP) is 2.91. The number of ether oxygens (including phenoxy) is 1. The van der Waals surface area contributed by atoms with E-state index < -0.39 is 0 Å². The maximum Gasteiger partial charge on any atom is 0.335 e. The lowest BCUT2D eigenvalue weighted by molar-refractivity contribution is -0.137. The van der Waals surface area contributed by atoms with Gasteiger partial charge in [-0.05, 0) is 36.9 Å². The van der Waals surface area contributed by atoms with E-state index >= 15 is 0 Å². The number of hydrogen-bond acceptors (Lipinski definition) is 4. The number of nitrogens with zero attached hydrogens (tertiary/aromatic N) is 1. The molecule has 1 spiro atoms. The van der Waals surface area contributed by atoms with Crippen molar-refractivity contribution in [3.05, 3.63) is 41.1 Å². The number of para-hydroxylation sites is 1. The molecule has 0 amide bonds. The van der Waals surface area contributed by atoms with Gasteiger partial charge in [0.25, 0.3) is 0 Å². The maximum atomic E-state index is 12.8. The smallest absolute Gasteiger partial charge is 0.335 e. The molecule has 126 valence electrons. The van der Waals surface area contributed by atoms with Crippen LogP contribution in [0.3, 0.4) is 0 Å². The number of hydrogen-bond donors (Lipinski definition) is 1. The van der Waals surface area contributed by atoms with E-state index in [0.29, 0.717) is 17.9 Å². The highest BCUT2D eigenvalue weighted by molar-refractivity contribution is 5.93. The molecule has 1 aromatic carbocycles. The zero-order valence-corrected chi connectivity index (χ0v) is 14.3. The van der Waals surface area contributed by atoms with Crippen LogP contribution in [0.15, 0.2) is 35.5 Å². The number of anilines is 1. The minimum absolute atomic E-state index is 0.0135. The van der Waals surface area contributed by atoms with E-state index in [1.165, 1.54) is 18.4 Å². The zero-order chi connectivity index (χ0) is 16.5. The van der Waals surface area contributed by atoms with Crippen molar-refractivity contribution in [2.75, 3.05) is 25.5 Å². The summed E-state index contributed by atoms with van der Waals surface area (Å²) in [5, 5.41) is 3.64. The van der Waals surface area contributed by atoms with E-state index in [-0.39, 0.29) is 11.4 Å². The second-order valence-corrected chi connectivity index (χ2v) is 7.74. The van der Waals surface area contributed by atoms with Crippen LogP contribution in [0.5, 0.6) is 0 Å². The van der Waals surface area contributed by atoms with Crippen LogP contribution in [0, 0.1) is 11.8 Å². The normalized spacial score (nSPS) is 36.2. The van der Waals surface area contributed by atoms with Gasteiger partial charge < -0.3 is 10.1 Å². The summed E-state index contributed by atoms with van der Waals surface area (Å²) in [6.07, 6.45) is 3.34. The van der Waals surface area contributed by atoms with Gasteiger partial charge in [-0.25, -0.2) is 4.79 Å². The Morgan fingerprint density at radius 3 is 3.04 bits per heavy atom. The molecule has 1 aromatic rings. The van der Waals surface area contributed by atoms with Crippen LogP contribution in [0.4, 0.5) is 5.69 Å². The van der Waals surface area contributed by atoms with Gasteiger partial charge >= 0.3 is 5.97 Å². The fraction of sp³-hybridized carbons (Fsp3) is 0.550. The molecule has 1 aliphatic carbocycles. The molecule has 0 radical (unpaired) electrons. The van der Waals surface area contributed by atoms with Gasteiger partial charge in [-0.3, -0.25) is 4.90 Å². The average Bonchev–Trinajstić information content (AvgIpc) is 3.15. The lowest BCUT2D eigenvalue weighted by Gasteiger charge is -2.49. The van der Waals surface area contributed by atoms with Crippen molar-refractivity contribution in [3.8, 4) is 0 Å². The van der Waals surface area contributed by atoms with E-state index in [4.69, 9.17) is 4.74 Å². The second-order valence-electron chi connectivity index (χ2n) is 7.74. The van der Waals surface area contributed by atoms with Gasteiger partial charge in [0.1, 0.15) is 0 Å². The molecule has 4 heteroatoms. The first-order valence-corrected chi connectivity index (χ1v) is 9.13. The van der Waals surface area contributed by atoms with Crippen molar-refractivity contribution >= 4 is 11.7 Å². The highest BCUT2D eigenvalue weighted by Crippen LogP contribution is 2.60. The fourth-order valence-electron chi connectivity index (χ4n) is 5.92. The summed E-state index contributed by atoms with van der Waals surface area (Å²) in [6.45, 7) is 4.50. The van der Waals surface area contributed by atoms with E-state index in [1.807, 2.05) is 0 Å². The van der Waals surface area contributed by atoms with Crippen molar-refractivity contribution in [2.45, 2.75) is 37.6 Å². The minimum atomic E-state index is -0.133. The Balaban J connectivity index is 1.77. The summed E-state index contributed by atoms with van der Waals surface area (Å²) in [6, 6.07) is 9.06. The van der Waals surface area contributed by atoms with Gasteiger partial charge in [-0.15, -0.1) is 0 Å². The van der Waals surface area contributed by atoms with Crippen LogP contribution < -0.4 is 5.32 Å². The fourth-order valence-corrected chi connectivity index (χ4v) is 5.92. The van der Waals surface area contributed by atoms with Gasteiger partial charge in [0.2, 0.25) is 0 Å². The Morgan fingerprint density at radius 2 is 2.25 bits per heavy atom. The first kappa shape index (κ1) is 14.5. The van der Waals surface area contributed by atoms with Gasteiger partial charge in [-0.1, -0.05) is 31.5 Å². The number of allylic oxidation sites excluding steroid dienone is 1. The van der Waals surface area contributed by atoms with Crippen LogP contribution in [0.2, 0.25) is 0 Å². The number of carbonyl (C=O) groups excluding carboxylic acids is 1. The van der Waals surface area contributed by atoms with Gasteiger partial charge in [0.05, 0.1) is 12.7 Å². The minimum Gasteiger partial charge on any atom is -0.466 e. The third-order valence-corrected chi connectivity index (χ3v) is 6.96. The zero-order valence-electron chi connectivity index (χ0n) is 14.3. The lowest BCUT2D eigenvalue weighted by atomic mass is 9.61. The summed E-state index contributed by atoms with van der Waals surface area (Å²) in [7, 11) is 1.52. The number of nitrogens with one attached hydrogen (secondary N) is 1. The first-order valence-electron chi connectivity index (χ1n) is 9.13. The van der Waals surface area contributed by atoms with Gasteiger partial charge in [-0.2, -0.15) is 0 Å². The van der Waals surface area contributed by atoms with Crippen LogP contribution in [-0.2, 0) is 14.9 Å². The molecule has 5 rings (SSSR count). The molecule has 4 atom stereocenters. The molecule has 24 heavy (non-hydrogen) atoms. The van der Waals surface area contributed by atoms with Crippen molar-refractivity contribution in [1.29, 1.82) is 0 Å². The molecular weight excluding hydrogens is 300 g/mol. The number of methoxy groups -OCH3 is 1. The number of benzene rings is 1. The van der Waals surface area contributed by atoms with Gasteiger partial charge in [0, 0.05) is 35.3 Å². The topological polar surface area (TPSA) is 41.6 Å². The standard InChI is InChI=1S/C20H24N2O2/c1-3-12-11-22-9-8-20-10-15(22)16(12)17(19(23)24-2)18(20)21-14-7-5-4-6-13(14)20/h4-7,12,15-16,21H,3,8-11H2,1-2H3/t12-,15+,16+,20-/m0/s1. The van der Waals surface area contributed by atoms with E-state index in [2.05, 4.69) is 41.4 Å². The quantitative estimate of drug-likeness (QED) is 0.850. The average molecular weight is 324 g/mol. The van der Waals surface area contributed by atoms with Crippen molar-refractivity contribution in [3.63, 3.8) is 0 Å². The summed E-state index contributed by atoms with van der Waals surface area (Å²) in [4.78, 5) is 15.4. The maximum absolute atomic E-state index is 12.8. The molecule has 0 saturated carbocycles. The largest absolute Gasteiger partial charge is 0.466 e. The number of esters is 1. The molecule has 1 N–H and O–H groups in total. The van der Waals surface area contributed by atoms with Gasteiger partial charge in [0.15, 0.2) is 0 Å². The summed E-state index contributed by atoms with van der Waals surface area (Å²) in [5.41, 5.74) is 4.62. The molecule has 2 fully saturated rings. The monoisotopic (exact) mass is 324 g/mol. The molecule has 3 aliphatic heterocycles. The van der Waals surface area contributed by atoms with E-state index in [1.54, 1.807) is 0 Å². The van der Waals surface area contributed by atoms with Crippen molar-refractivity contribution in [1.82, 2.24) is 4.90 Å². The number of carbonyl (C=O) groups is 1. The van der Waals surface area contributed by atoms with Crippen molar-refractivity contribution in [2.24, 2.45) is 11.8 Å². The molecular formula is C20H24N2O2. The number of fused-ring (bicyclic) bond motifs is 1. The summed E-state index contributed by atoms with van der Waals surface area (Å²) >= 11 is 0. The van der Waals surface area contributed by atoms with E-state index in [0.717, 1.165) is 43.6 Å². The van der Waals surface area contributed by atoms with Crippen molar-refractivity contribution < 1.29 is 9.53 Å². The Morgan fingerprint density at radius 1 is 1.42 bits per heavy atom. The Hall–Kier alpha value is -1.81. The summed E-state index contributed by atoms with van der Waals surface area (Å²) in [5.74, 6) is 0.734.